The van der Waals surface area contributed by atoms with E-state index >= 15 is 0 Å². The van der Waals surface area contributed by atoms with E-state index in [-0.39, 0.29) is 16.9 Å². The van der Waals surface area contributed by atoms with Crippen molar-refractivity contribution in [3.05, 3.63) is 64.3 Å². The van der Waals surface area contributed by atoms with Crippen LogP contribution in [-0.4, -0.2) is 62.1 Å². The van der Waals surface area contributed by atoms with Gasteiger partial charge in [-0.25, -0.2) is 8.42 Å². The quantitative estimate of drug-likeness (QED) is 0.394. The number of carbonyl (C=O) groups is 2. The first-order chi connectivity index (χ1) is 17.4. The summed E-state index contributed by atoms with van der Waals surface area (Å²) in [6, 6.07) is 10.3. The summed E-state index contributed by atoms with van der Waals surface area (Å²) in [5.41, 5.74) is 2.36. The lowest BCUT2D eigenvalue weighted by atomic mass is 9.90. The van der Waals surface area contributed by atoms with Gasteiger partial charge < -0.3 is 24.5 Å². The lowest BCUT2D eigenvalue weighted by molar-refractivity contribution is -0.162. The smallest absolute Gasteiger partial charge is 0.321 e. The molecule has 0 spiro atoms. The Hall–Kier alpha value is -2.92. The summed E-state index contributed by atoms with van der Waals surface area (Å²) in [5, 5.41) is 14.0. The molecular formula is C26H29ClN2O7S. The molecule has 11 heteroatoms. The Morgan fingerprint density at radius 1 is 1.22 bits per heavy atom. The highest BCUT2D eigenvalue weighted by Gasteiger charge is 2.35. The number of sulfone groups is 1. The molecule has 2 heterocycles. The van der Waals surface area contributed by atoms with Crippen LogP contribution in [0.3, 0.4) is 0 Å². The number of rotatable bonds is 9. The third-order valence-electron chi connectivity index (χ3n) is 6.41. The number of amides is 1. The number of ether oxygens (including phenoxy) is 2. The molecule has 0 aliphatic carbocycles. The highest BCUT2D eigenvalue weighted by Crippen LogP contribution is 2.29. The Labute approximate surface area is 220 Å². The SMILES string of the molecule is Cc1cc(Cl)c2cc(C(=O)N[C@H](CO)c3ccc(S(=O)(=O)CC(=O)OCC4(C)COC4)cc3)n(C)c2c1. The molecule has 1 saturated heterocycles. The number of fused-ring (bicyclic) bond motifs is 1. The molecule has 1 amide bonds. The van der Waals surface area contributed by atoms with Gasteiger partial charge in [-0.05, 0) is 48.4 Å². The molecule has 1 atom stereocenters. The summed E-state index contributed by atoms with van der Waals surface area (Å²) < 4.78 is 37.3. The zero-order valence-corrected chi connectivity index (χ0v) is 22.4. The number of aliphatic hydroxyl groups is 1. The number of aryl methyl sites for hydroxylation is 2. The van der Waals surface area contributed by atoms with E-state index in [9.17, 15) is 23.1 Å². The minimum Gasteiger partial charge on any atom is -0.464 e. The number of nitrogens with one attached hydrogen (secondary N) is 1. The first-order valence-electron chi connectivity index (χ1n) is 11.7. The van der Waals surface area contributed by atoms with Gasteiger partial charge in [0.2, 0.25) is 0 Å². The van der Waals surface area contributed by atoms with Crippen molar-refractivity contribution in [2.75, 3.05) is 32.2 Å². The van der Waals surface area contributed by atoms with Gasteiger partial charge in [0, 0.05) is 17.8 Å². The molecule has 1 aliphatic rings. The zero-order chi connectivity index (χ0) is 27.0. The van der Waals surface area contributed by atoms with Crippen LogP contribution in [0.15, 0.2) is 47.4 Å². The minimum atomic E-state index is -3.93. The van der Waals surface area contributed by atoms with Crippen molar-refractivity contribution in [3.8, 4) is 0 Å². The van der Waals surface area contributed by atoms with E-state index in [0.717, 1.165) is 16.5 Å². The van der Waals surface area contributed by atoms with Crippen LogP contribution in [0, 0.1) is 12.3 Å². The fourth-order valence-electron chi connectivity index (χ4n) is 4.18. The molecule has 3 aromatic rings. The number of benzene rings is 2. The standard InChI is InChI=1S/C26H29ClN2O7S/c1-16-8-20(27)19-10-23(29(3)22(19)9-16)25(32)28-21(11-30)17-4-6-18(7-5-17)37(33,34)12-24(31)36-15-26(2)13-35-14-26/h4-10,21,30H,11-15H2,1-3H3,(H,28,32)/t21-/m1/s1. The third kappa shape index (κ3) is 5.82. The Bertz CT molecular complexity index is 1440. The van der Waals surface area contributed by atoms with Crippen LogP contribution in [0.25, 0.3) is 10.9 Å². The number of hydrogen-bond acceptors (Lipinski definition) is 7. The first-order valence-corrected chi connectivity index (χ1v) is 13.7. The lowest BCUT2D eigenvalue weighted by Gasteiger charge is -2.37. The topological polar surface area (TPSA) is 124 Å². The molecule has 1 aliphatic heterocycles. The highest BCUT2D eigenvalue weighted by molar-refractivity contribution is 7.92. The molecule has 1 fully saturated rings. The molecule has 2 aromatic carbocycles. The Morgan fingerprint density at radius 2 is 1.89 bits per heavy atom. The molecule has 4 rings (SSSR count). The zero-order valence-electron chi connectivity index (χ0n) is 20.8. The number of aromatic nitrogens is 1. The van der Waals surface area contributed by atoms with Crippen molar-refractivity contribution in [1.29, 1.82) is 0 Å². The van der Waals surface area contributed by atoms with Gasteiger partial charge in [-0.15, -0.1) is 0 Å². The van der Waals surface area contributed by atoms with Crippen LogP contribution in [0.5, 0.6) is 0 Å². The average molecular weight is 549 g/mol. The molecule has 1 aromatic heterocycles. The van der Waals surface area contributed by atoms with Crippen LogP contribution in [-0.2, 0) is 31.2 Å². The summed E-state index contributed by atoms with van der Waals surface area (Å²) in [7, 11) is -2.17. The molecule has 0 unspecified atom stereocenters. The predicted molar refractivity (Wildman–Crippen MR) is 138 cm³/mol. The Morgan fingerprint density at radius 3 is 2.49 bits per heavy atom. The second-order valence-corrected chi connectivity index (χ2v) is 12.2. The molecule has 9 nitrogen and oxygen atoms in total. The van der Waals surface area contributed by atoms with Crippen molar-refractivity contribution in [3.63, 3.8) is 0 Å². The number of aliphatic hydroxyl groups excluding tert-OH is 1. The molecule has 0 bridgehead atoms. The maximum atomic E-state index is 13.0. The van der Waals surface area contributed by atoms with Crippen LogP contribution < -0.4 is 5.32 Å². The van der Waals surface area contributed by atoms with Crippen molar-refractivity contribution in [1.82, 2.24) is 9.88 Å². The maximum Gasteiger partial charge on any atom is 0.321 e. The number of halogens is 1. The second-order valence-electron chi connectivity index (χ2n) is 9.77. The van der Waals surface area contributed by atoms with Crippen molar-refractivity contribution in [2.24, 2.45) is 12.5 Å². The first kappa shape index (κ1) is 27.1. The molecule has 198 valence electrons. The van der Waals surface area contributed by atoms with E-state index in [2.05, 4.69) is 5.32 Å². The summed E-state index contributed by atoms with van der Waals surface area (Å²) in [6.45, 7) is 4.42. The van der Waals surface area contributed by atoms with Gasteiger partial charge in [-0.1, -0.05) is 30.7 Å². The Balaban J connectivity index is 1.44. The number of hydrogen-bond donors (Lipinski definition) is 2. The molecule has 2 N–H and O–H groups in total. The maximum absolute atomic E-state index is 13.0. The summed E-state index contributed by atoms with van der Waals surface area (Å²) in [6.07, 6.45) is 0. The van der Waals surface area contributed by atoms with E-state index < -0.39 is 40.1 Å². The van der Waals surface area contributed by atoms with Gasteiger partial charge >= 0.3 is 5.97 Å². The second kappa shape index (κ2) is 10.4. The summed E-state index contributed by atoms with van der Waals surface area (Å²) in [4.78, 5) is 25.1. The van der Waals surface area contributed by atoms with Gasteiger partial charge in [0.25, 0.3) is 5.91 Å². The van der Waals surface area contributed by atoms with Gasteiger partial charge in [0.15, 0.2) is 15.6 Å². The fraction of sp³-hybridized carbons (Fsp3) is 0.385. The van der Waals surface area contributed by atoms with E-state index in [1.54, 1.807) is 17.7 Å². The highest BCUT2D eigenvalue weighted by atomic mass is 35.5. The van der Waals surface area contributed by atoms with E-state index in [1.807, 2.05) is 26.0 Å². The van der Waals surface area contributed by atoms with Crippen LogP contribution in [0.2, 0.25) is 5.02 Å². The normalized spacial score (nSPS) is 15.7. The third-order valence-corrected chi connectivity index (χ3v) is 8.33. The van der Waals surface area contributed by atoms with Crippen molar-refractivity contribution < 1.29 is 32.6 Å². The number of nitrogens with zero attached hydrogens (tertiary/aromatic N) is 1. The van der Waals surface area contributed by atoms with Crippen molar-refractivity contribution in [2.45, 2.75) is 24.8 Å². The van der Waals surface area contributed by atoms with Gasteiger partial charge in [-0.2, -0.15) is 0 Å². The molecular weight excluding hydrogens is 520 g/mol. The molecule has 0 saturated carbocycles. The minimum absolute atomic E-state index is 0.0619. The number of esters is 1. The van der Waals surface area contributed by atoms with E-state index in [0.29, 0.717) is 29.5 Å². The van der Waals surface area contributed by atoms with E-state index in [4.69, 9.17) is 21.1 Å². The van der Waals surface area contributed by atoms with Gasteiger partial charge in [-0.3, -0.25) is 9.59 Å². The van der Waals surface area contributed by atoms with E-state index in [1.165, 1.54) is 24.3 Å². The van der Waals surface area contributed by atoms with Crippen LogP contribution >= 0.6 is 11.6 Å². The van der Waals surface area contributed by atoms with Crippen LogP contribution in [0.4, 0.5) is 0 Å². The summed E-state index contributed by atoms with van der Waals surface area (Å²) in [5.74, 6) is -2.04. The predicted octanol–water partition coefficient (Wildman–Crippen LogP) is 2.96. The van der Waals surface area contributed by atoms with Gasteiger partial charge in [0.05, 0.1) is 41.3 Å². The lowest BCUT2D eigenvalue weighted by Crippen LogP contribution is -2.44. The number of carbonyl (C=O) groups excluding carboxylic acids is 2. The monoisotopic (exact) mass is 548 g/mol. The Kier molecular flexibility index (Phi) is 7.66. The van der Waals surface area contributed by atoms with Crippen LogP contribution in [0.1, 0.15) is 34.6 Å². The largest absolute Gasteiger partial charge is 0.464 e. The summed E-state index contributed by atoms with van der Waals surface area (Å²) >= 11 is 6.34. The average Bonchev–Trinajstić information content (AvgIpc) is 3.16. The van der Waals surface area contributed by atoms with Gasteiger partial charge in [0.1, 0.15) is 12.3 Å². The fourth-order valence-corrected chi connectivity index (χ4v) is 5.61. The molecule has 37 heavy (non-hydrogen) atoms. The molecule has 0 radical (unpaired) electrons. The van der Waals surface area contributed by atoms with Crippen molar-refractivity contribution >= 4 is 44.2 Å².